The van der Waals surface area contributed by atoms with Gasteiger partial charge in [-0.25, -0.2) is 33.6 Å². The van der Waals surface area contributed by atoms with Gasteiger partial charge < -0.3 is 98.4 Å². The first-order chi connectivity index (χ1) is 52.2. The fraction of sp³-hybridized carbons (Fsp3) is 0.437. The number of carbonyl (C=O) groups is 8. The van der Waals surface area contributed by atoms with Crippen LogP contribution in [0.4, 0.5) is 79.1 Å². The van der Waals surface area contributed by atoms with E-state index >= 15 is 0 Å². The molecule has 0 unspecified atom stereocenters. The van der Waals surface area contributed by atoms with Crippen LogP contribution in [0.3, 0.4) is 0 Å². The summed E-state index contributed by atoms with van der Waals surface area (Å²) in [6.07, 6.45) is 2.08. The Morgan fingerprint density at radius 3 is 1.31 bits per heavy atom. The summed E-state index contributed by atoms with van der Waals surface area (Å²) < 4.78 is 53.5. The molecule has 641 valence electrons. The van der Waals surface area contributed by atoms with Crippen LogP contribution < -0.4 is 59.7 Å². The SMILES string of the molecule is C#CCO[Si](C)(C)C(C)(C)C.CC(C)(C)OC(=O)N[C@@H](CN)C(=O)O.CC(C)(C)OC(=O)N[C@@H](CNc1cccc(I)c1N)C(=O)O.CC(C)(C)OC(=O)N[C@@H](CNc1cccc(I)c1[N+](=O)[O-])C(=O)O.CC(C)(C)OC(=O)N[C@H]1CNc2cccc(I)c2NC1=O.Nc1cccc(F)c1[N+](=O)[O-].O=[N+]([O-])c1c(F)cccc1I.[B].[Fe]. The number of aliphatic carboxylic acids is 3. The van der Waals surface area contributed by atoms with Crippen molar-refractivity contribution in [3.8, 4) is 12.3 Å². The zero-order chi connectivity index (χ0) is 88.4. The molecule has 0 spiro atoms. The first-order valence-corrected chi connectivity index (χ1v) is 40.9. The van der Waals surface area contributed by atoms with E-state index in [1.807, 2.05) is 46.9 Å². The number of nitrogens with two attached hydrogens (primary N) is 3. The van der Waals surface area contributed by atoms with Crippen LogP contribution in [-0.2, 0) is 59.6 Å². The van der Waals surface area contributed by atoms with E-state index in [2.05, 4.69) is 128 Å². The number of nitro groups is 3. The number of amides is 5. The van der Waals surface area contributed by atoms with Gasteiger partial charge >= 0.3 is 59.3 Å². The summed E-state index contributed by atoms with van der Waals surface area (Å²) in [7, 11) is -1.57. The summed E-state index contributed by atoms with van der Waals surface area (Å²) in [6, 6.07) is 19.1. The van der Waals surface area contributed by atoms with Crippen LogP contribution in [0, 0.1) is 68.6 Å². The van der Waals surface area contributed by atoms with Crippen molar-refractivity contribution in [2.24, 2.45) is 5.73 Å². The number of para-hydroxylation sites is 5. The standard InChI is InChI=1S/C14H18IN3O6.C14H20IN3O4.C14H18IN3O3.C9H18OSi.C8H16N2O4.C6H3FINO2.C6H5FN2O2.B.Fe/c1-14(2,3)24-13(21)17-10(12(19)20)7-16-9-6-4-5-8(15)11(9)18(22)23;1-14(2,3)22-13(21)18-10(12(19)20)7-17-9-6-4-5-8(15)11(9)16;1-14(2,3)21-13(20)17-10-7-16-9-6-4-5-8(15)11(9)18-12(10)19;1-7-8-10-11(5,6)9(2,3)4;1-8(2,3)14-7(13)10-5(4-9)6(11)12;2*7-4-2-1-3-5(8)6(4)9(10)11;;/h4-6,10,16H,7H2,1-3H3,(H,17,21)(H,19,20);4-6,10,17H,7,16H2,1-3H3,(H,18,21)(H,19,20);4-6,10,16H,7H2,1-3H3,(H,17,20)(H,18,19);1H,8H2,2-6H3;5H,4,9H2,1-3H3,(H,10,13)(H,11,12);1-3H;1-3H,8H2;;/t3*10-;;5-;;;;/m000.0..../s1. The number of fused-ring (bicyclic) bond motifs is 1. The van der Waals surface area contributed by atoms with Crippen molar-refractivity contribution in [3.05, 3.63) is 147 Å². The molecule has 17 N–H and O–H groups in total. The number of nitrogen functional groups attached to an aromatic ring is 2. The Morgan fingerprint density at radius 1 is 0.578 bits per heavy atom. The molecular weight excluding hydrogens is 2040 g/mol. The van der Waals surface area contributed by atoms with Gasteiger partial charge in [-0.3, -0.25) is 35.1 Å². The van der Waals surface area contributed by atoms with E-state index in [4.69, 9.17) is 52.1 Å². The minimum Gasteiger partial charge on any atom is -0.480 e. The predicted molar refractivity (Wildman–Crippen MR) is 468 cm³/mol. The minimum absolute atomic E-state index is 0. The second-order valence-corrected chi connectivity index (χ2v) is 38.4. The van der Waals surface area contributed by atoms with Crippen molar-refractivity contribution < 1.29 is 118 Å². The Bertz CT molecular complexity index is 4110. The summed E-state index contributed by atoms with van der Waals surface area (Å²) in [4.78, 5) is 121. The van der Waals surface area contributed by atoms with E-state index in [1.165, 1.54) is 30.3 Å². The molecule has 5 amide bonds. The van der Waals surface area contributed by atoms with Crippen LogP contribution in [-0.4, -0.2) is 174 Å². The predicted octanol–water partition coefficient (Wildman–Crippen LogP) is 13.2. The van der Waals surface area contributed by atoms with Gasteiger partial charge in [-0.1, -0.05) is 57.0 Å². The molecule has 0 aliphatic carbocycles. The zero-order valence-electron chi connectivity index (χ0n) is 66.5. The molecule has 1 aliphatic rings. The molecule has 0 saturated carbocycles. The number of anilines is 6. The van der Waals surface area contributed by atoms with Crippen LogP contribution >= 0.6 is 90.4 Å². The number of carboxylic acids is 3. The van der Waals surface area contributed by atoms with Crippen LogP contribution in [0.5, 0.6) is 0 Å². The summed E-state index contributed by atoms with van der Waals surface area (Å²) in [6.45, 7) is 31.8. The van der Waals surface area contributed by atoms with Crippen molar-refractivity contribution in [2.75, 3.05) is 65.5 Å². The monoisotopic (exact) mass is 2140 g/mol. The third kappa shape index (κ3) is 44.6. The number of alkyl carbamates (subject to hydrolysis) is 4. The number of benzene rings is 5. The van der Waals surface area contributed by atoms with Gasteiger partial charge in [0.2, 0.25) is 17.5 Å². The van der Waals surface area contributed by atoms with E-state index in [1.54, 1.807) is 130 Å². The number of ether oxygens (including phenoxy) is 4. The van der Waals surface area contributed by atoms with Crippen molar-refractivity contribution in [2.45, 2.75) is 169 Å². The number of nitrogens with one attached hydrogen (secondary N) is 8. The van der Waals surface area contributed by atoms with Crippen LogP contribution in [0.15, 0.2) is 91.0 Å². The number of hydrogen-bond donors (Lipinski definition) is 14. The van der Waals surface area contributed by atoms with Gasteiger partial charge in [-0.15, -0.1) is 6.42 Å². The number of terminal acetylenes is 1. The van der Waals surface area contributed by atoms with Crippen LogP contribution in [0.1, 0.15) is 104 Å². The maximum atomic E-state index is 12.7. The summed E-state index contributed by atoms with van der Waals surface area (Å²) in [5.74, 6) is -3.09. The molecule has 0 saturated heterocycles. The molecule has 5 aromatic rings. The molecule has 45 heteroatoms. The fourth-order valence-electron chi connectivity index (χ4n) is 7.64. The number of nitrogens with zero attached hydrogens (tertiary/aromatic N) is 3. The van der Waals surface area contributed by atoms with E-state index in [0.717, 1.165) is 30.6 Å². The average Bonchev–Trinajstić information content (AvgIpc) is 1.62. The smallest absolute Gasteiger partial charge is 0.408 e. The van der Waals surface area contributed by atoms with Gasteiger partial charge in [0, 0.05) is 58.8 Å². The van der Waals surface area contributed by atoms with E-state index < -0.39 is 135 Å². The molecule has 0 fully saturated rings. The van der Waals surface area contributed by atoms with Gasteiger partial charge in [-0.05, 0) is 252 Å². The van der Waals surface area contributed by atoms with Gasteiger partial charge in [0.05, 0.1) is 51.3 Å². The normalized spacial score (nSPS) is 12.7. The molecule has 116 heavy (non-hydrogen) atoms. The maximum absolute atomic E-state index is 12.7. The molecule has 1 aliphatic heterocycles. The quantitative estimate of drug-likeness (QED) is 0.00694. The molecule has 3 radical (unpaired) electrons. The van der Waals surface area contributed by atoms with E-state index in [-0.39, 0.29) is 73.1 Å². The van der Waals surface area contributed by atoms with Gasteiger partial charge in [0.15, 0.2) is 8.32 Å². The molecule has 6 rings (SSSR count). The van der Waals surface area contributed by atoms with Crippen molar-refractivity contribution in [1.29, 1.82) is 0 Å². The first-order valence-electron chi connectivity index (χ1n) is 33.7. The van der Waals surface area contributed by atoms with Gasteiger partial charge in [0.1, 0.15) is 57.9 Å². The van der Waals surface area contributed by atoms with Gasteiger partial charge in [-0.2, -0.15) is 8.78 Å². The molecule has 4 atom stereocenters. The number of carboxylic acid groups (broad SMARTS) is 3. The van der Waals surface area contributed by atoms with Crippen LogP contribution in [0.25, 0.3) is 0 Å². The third-order valence-electron chi connectivity index (χ3n) is 13.8. The molecular formula is C71H98BF2FeI4N14O22Si. The van der Waals surface area contributed by atoms with Crippen molar-refractivity contribution >= 4 is 206 Å². The number of rotatable bonds is 19. The van der Waals surface area contributed by atoms with Crippen molar-refractivity contribution in [1.82, 2.24) is 21.3 Å². The number of halogens is 6. The Labute approximate surface area is 738 Å². The first kappa shape index (κ1) is 111. The molecule has 0 bridgehead atoms. The Morgan fingerprint density at radius 2 is 0.940 bits per heavy atom. The van der Waals surface area contributed by atoms with Gasteiger partial charge in [0.25, 0.3) is 0 Å². The Balaban J connectivity index is -0.00000131. The molecule has 36 nitrogen and oxygen atoms in total. The summed E-state index contributed by atoms with van der Waals surface area (Å²) >= 11 is 7.78. The van der Waals surface area contributed by atoms with Crippen LogP contribution in [0.2, 0.25) is 18.1 Å². The largest absolute Gasteiger partial charge is 0.480 e. The summed E-state index contributed by atoms with van der Waals surface area (Å²) in [5.41, 5.74) is 14.9. The average molecular weight is 2140 g/mol. The summed E-state index contributed by atoms with van der Waals surface area (Å²) in [5, 5.41) is 79.5. The topological polar surface area (TPSA) is 547 Å². The van der Waals surface area contributed by atoms with E-state index in [9.17, 15) is 87.7 Å². The zero-order valence-corrected chi connectivity index (χ0v) is 77.2. The number of nitro benzene ring substituents is 3. The molecule has 1 heterocycles. The second kappa shape index (κ2) is 51.5. The number of carbonyl (C=O) groups excluding carboxylic acids is 5. The minimum atomic E-state index is -1.57. The fourth-order valence-corrected chi connectivity index (χ4v) is 11.0. The Kier molecular flexibility index (Phi) is 49.5. The maximum Gasteiger partial charge on any atom is 0.408 e. The Hall–Kier alpha value is -8.68. The molecule has 5 aromatic carbocycles. The van der Waals surface area contributed by atoms with Crippen molar-refractivity contribution in [3.63, 3.8) is 0 Å². The molecule has 0 aromatic heterocycles. The number of hydrogen-bond acceptors (Lipinski definition) is 25. The second-order valence-electron chi connectivity index (χ2n) is 28.9. The van der Waals surface area contributed by atoms with E-state index in [0.29, 0.717) is 31.7 Å². The third-order valence-corrected chi connectivity index (χ3v) is 21.9.